The molecule has 0 saturated heterocycles. The van der Waals surface area contributed by atoms with Gasteiger partial charge in [0.05, 0.1) is 17.6 Å². The molecule has 0 unspecified atom stereocenters. The number of amides is 1. The molecule has 2 aromatic carbocycles. The summed E-state index contributed by atoms with van der Waals surface area (Å²) in [7, 11) is -2.18. The summed E-state index contributed by atoms with van der Waals surface area (Å²) >= 11 is 6.01. The molecule has 0 aliphatic rings. The fourth-order valence-corrected chi connectivity index (χ4v) is 4.61. The number of hydrogen-bond donors (Lipinski definition) is 1. The molecule has 0 aliphatic heterocycles. The predicted octanol–water partition coefficient (Wildman–Crippen LogP) is 4.25. The maximum absolute atomic E-state index is 12.9. The Morgan fingerprint density at radius 1 is 1.14 bits per heavy atom. The number of methoxy groups -OCH3 is 1. The van der Waals surface area contributed by atoms with E-state index in [1.54, 1.807) is 32.0 Å². The van der Waals surface area contributed by atoms with Crippen LogP contribution in [0.4, 0.5) is 5.69 Å². The summed E-state index contributed by atoms with van der Waals surface area (Å²) in [6.07, 6.45) is 0. The molecule has 0 spiro atoms. The Morgan fingerprint density at radius 2 is 1.79 bits per heavy atom. The molecule has 2 aromatic rings. The number of sulfonamides is 1. The number of carbonyl (C=O) groups is 1. The highest BCUT2D eigenvalue weighted by molar-refractivity contribution is 7.89. The molecule has 0 aliphatic carbocycles. The quantitative estimate of drug-likeness (QED) is 0.720. The number of aryl methyl sites for hydroxylation is 1. The number of rotatable bonds is 7. The van der Waals surface area contributed by atoms with E-state index in [1.807, 2.05) is 13.8 Å². The third-order valence-corrected chi connectivity index (χ3v) is 6.90. The van der Waals surface area contributed by atoms with Gasteiger partial charge in [-0.1, -0.05) is 25.4 Å². The van der Waals surface area contributed by atoms with Crippen LogP contribution in [0.15, 0.2) is 35.2 Å². The van der Waals surface area contributed by atoms with E-state index in [-0.39, 0.29) is 10.5 Å². The van der Waals surface area contributed by atoms with E-state index >= 15 is 0 Å². The summed E-state index contributed by atoms with van der Waals surface area (Å²) in [4.78, 5) is 13.0. The second-order valence-corrected chi connectivity index (χ2v) is 8.68. The maximum Gasteiger partial charge on any atom is 0.259 e. The number of nitrogens with one attached hydrogen (secondary N) is 1. The standard InChI is InChI=1S/C20H25ClN2O4S/c1-6-23(7-2)28(25,26)16-10-13(3)14(4)18(12-16)22-20(24)17-11-15(21)8-9-19(17)27-5/h8-12H,6-7H2,1-5H3,(H,22,24). The summed E-state index contributed by atoms with van der Waals surface area (Å²) < 4.78 is 32.4. The van der Waals surface area contributed by atoms with Gasteiger partial charge in [0, 0.05) is 23.8 Å². The first-order chi connectivity index (χ1) is 13.1. The molecule has 1 N–H and O–H groups in total. The van der Waals surface area contributed by atoms with E-state index < -0.39 is 15.9 Å². The van der Waals surface area contributed by atoms with E-state index in [4.69, 9.17) is 16.3 Å². The first kappa shape index (κ1) is 22.2. The lowest BCUT2D eigenvalue weighted by molar-refractivity contribution is 0.102. The van der Waals surface area contributed by atoms with Gasteiger partial charge in [-0.05, 0) is 55.3 Å². The van der Waals surface area contributed by atoms with Gasteiger partial charge in [0.15, 0.2) is 0 Å². The van der Waals surface area contributed by atoms with Crippen molar-refractivity contribution in [3.05, 3.63) is 52.0 Å². The molecule has 0 heterocycles. The Labute approximate surface area is 171 Å². The van der Waals surface area contributed by atoms with Crippen molar-refractivity contribution in [1.29, 1.82) is 0 Å². The van der Waals surface area contributed by atoms with Gasteiger partial charge in [0.2, 0.25) is 10.0 Å². The zero-order valence-corrected chi connectivity index (χ0v) is 18.2. The van der Waals surface area contributed by atoms with Crippen molar-refractivity contribution >= 4 is 33.2 Å². The minimum atomic E-state index is -3.65. The number of carbonyl (C=O) groups excluding carboxylic acids is 1. The first-order valence-corrected chi connectivity index (χ1v) is 10.7. The van der Waals surface area contributed by atoms with Crippen LogP contribution >= 0.6 is 11.6 Å². The topological polar surface area (TPSA) is 75.7 Å². The summed E-state index contributed by atoms with van der Waals surface area (Å²) in [5.41, 5.74) is 2.25. The van der Waals surface area contributed by atoms with Crippen LogP contribution in [-0.4, -0.2) is 38.8 Å². The van der Waals surface area contributed by atoms with Crippen molar-refractivity contribution in [1.82, 2.24) is 4.31 Å². The Bertz CT molecular complexity index is 986. The molecular weight excluding hydrogens is 400 g/mol. The average Bonchev–Trinajstić information content (AvgIpc) is 2.65. The molecular formula is C20H25ClN2O4S. The summed E-state index contributed by atoms with van der Waals surface area (Å²) in [5.74, 6) is -0.0533. The van der Waals surface area contributed by atoms with Crippen LogP contribution in [0.25, 0.3) is 0 Å². The van der Waals surface area contributed by atoms with Gasteiger partial charge in [-0.25, -0.2) is 8.42 Å². The highest BCUT2D eigenvalue weighted by Gasteiger charge is 2.24. The number of anilines is 1. The fraction of sp³-hybridized carbons (Fsp3) is 0.350. The smallest absolute Gasteiger partial charge is 0.259 e. The molecule has 152 valence electrons. The van der Waals surface area contributed by atoms with Crippen LogP contribution in [0, 0.1) is 13.8 Å². The molecule has 0 saturated carbocycles. The molecule has 8 heteroatoms. The van der Waals surface area contributed by atoms with Gasteiger partial charge in [-0.2, -0.15) is 4.31 Å². The average molecular weight is 425 g/mol. The lowest BCUT2D eigenvalue weighted by Gasteiger charge is -2.20. The number of hydrogen-bond acceptors (Lipinski definition) is 4. The van der Waals surface area contributed by atoms with Crippen LogP contribution in [0.3, 0.4) is 0 Å². The molecule has 28 heavy (non-hydrogen) atoms. The van der Waals surface area contributed by atoms with E-state index in [2.05, 4.69) is 5.32 Å². The fourth-order valence-electron chi connectivity index (χ4n) is 2.86. The van der Waals surface area contributed by atoms with Crippen LogP contribution in [0.5, 0.6) is 5.75 Å². The lowest BCUT2D eigenvalue weighted by atomic mass is 10.1. The van der Waals surface area contributed by atoms with Crippen LogP contribution < -0.4 is 10.1 Å². The van der Waals surface area contributed by atoms with Gasteiger partial charge in [0.1, 0.15) is 5.75 Å². The molecule has 2 rings (SSSR count). The molecule has 6 nitrogen and oxygen atoms in total. The molecule has 0 aromatic heterocycles. The van der Waals surface area contributed by atoms with E-state index in [1.165, 1.54) is 23.5 Å². The highest BCUT2D eigenvalue weighted by atomic mass is 35.5. The Morgan fingerprint density at radius 3 is 2.36 bits per heavy atom. The van der Waals surface area contributed by atoms with Gasteiger partial charge >= 0.3 is 0 Å². The number of halogens is 1. The Balaban J connectivity index is 2.49. The van der Waals surface area contributed by atoms with Crippen molar-refractivity contribution < 1.29 is 17.9 Å². The second kappa shape index (κ2) is 8.94. The summed E-state index contributed by atoms with van der Waals surface area (Å²) in [6, 6.07) is 7.86. The van der Waals surface area contributed by atoms with Crippen molar-refractivity contribution in [2.75, 3.05) is 25.5 Å². The monoisotopic (exact) mass is 424 g/mol. The van der Waals surface area contributed by atoms with Crippen LogP contribution in [-0.2, 0) is 10.0 Å². The highest BCUT2D eigenvalue weighted by Crippen LogP contribution is 2.28. The van der Waals surface area contributed by atoms with E-state index in [9.17, 15) is 13.2 Å². The lowest BCUT2D eigenvalue weighted by Crippen LogP contribution is -2.30. The van der Waals surface area contributed by atoms with Crippen molar-refractivity contribution in [2.45, 2.75) is 32.6 Å². The molecule has 0 fully saturated rings. The zero-order chi connectivity index (χ0) is 21.1. The van der Waals surface area contributed by atoms with Gasteiger partial charge in [-0.3, -0.25) is 4.79 Å². The first-order valence-electron chi connectivity index (χ1n) is 8.91. The number of benzene rings is 2. The second-order valence-electron chi connectivity index (χ2n) is 6.30. The molecule has 0 atom stereocenters. The van der Waals surface area contributed by atoms with Crippen molar-refractivity contribution in [3.63, 3.8) is 0 Å². The van der Waals surface area contributed by atoms with Gasteiger partial charge in [-0.15, -0.1) is 0 Å². The van der Waals surface area contributed by atoms with E-state index in [0.29, 0.717) is 29.5 Å². The van der Waals surface area contributed by atoms with Gasteiger partial charge in [0.25, 0.3) is 5.91 Å². The SMILES string of the molecule is CCN(CC)S(=O)(=O)c1cc(C)c(C)c(NC(=O)c2cc(Cl)ccc2OC)c1. The third kappa shape index (κ3) is 4.48. The van der Waals surface area contributed by atoms with Gasteiger partial charge < -0.3 is 10.1 Å². The van der Waals surface area contributed by atoms with Crippen LogP contribution in [0.2, 0.25) is 5.02 Å². The normalized spacial score (nSPS) is 11.5. The molecule has 0 radical (unpaired) electrons. The summed E-state index contributed by atoms with van der Waals surface area (Å²) in [6.45, 7) is 7.95. The Kier molecular flexibility index (Phi) is 7.09. The number of nitrogens with zero attached hydrogens (tertiary/aromatic N) is 1. The maximum atomic E-state index is 12.9. The minimum Gasteiger partial charge on any atom is -0.496 e. The minimum absolute atomic E-state index is 0.146. The third-order valence-electron chi connectivity index (χ3n) is 4.64. The van der Waals surface area contributed by atoms with Crippen molar-refractivity contribution in [2.24, 2.45) is 0 Å². The largest absolute Gasteiger partial charge is 0.496 e. The Hall–Kier alpha value is -2.09. The summed E-state index contributed by atoms with van der Waals surface area (Å²) in [5, 5.41) is 3.20. The molecule has 1 amide bonds. The van der Waals surface area contributed by atoms with Crippen LogP contribution in [0.1, 0.15) is 35.3 Å². The van der Waals surface area contributed by atoms with E-state index in [0.717, 1.165) is 11.1 Å². The molecule has 0 bridgehead atoms. The zero-order valence-electron chi connectivity index (χ0n) is 16.7. The predicted molar refractivity (Wildman–Crippen MR) is 112 cm³/mol. The van der Waals surface area contributed by atoms with Crippen molar-refractivity contribution in [3.8, 4) is 5.75 Å². The number of ether oxygens (including phenoxy) is 1.